The zero-order chi connectivity index (χ0) is 21.1. The number of carbonyl (C=O) groups is 1. The minimum atomic E-state index is -0.381. The highest BCUT2D eigenvalue weighted by molar-refractivity contribution is 7.17. The lowest BCUT2D eigenvalue weighted by Crippen LogP contribution is -2.03. The molecule has 0 aliphatic heterocycles. The molecule has 2 aromatic heterocycles. The number of carbonyl (C=O) groups excluding carboxylic acids is 1. The summed E-state index contributed by atoms with van der Waals surface area (Å²) < 4.78 is 16.6. The number of hydrogen-bond acceptors (Lipinski definition) is 7. The van der Waals surface area contributed by atoms with Crippen LogP contribution < -0.4 is 10.1 Å². The molecule has 0 saturated heterocycles. The molecular formula is C23H20N2O4S. The molecule has 152 valence electrons. The molecule has 0 saturated carbocycles. The van der Waals surface area contributed by atoms with Gasteiger partial charge in [0.15, 0.2) is 0 Å². The summed E-state index contributed by atoms with van der Waals surface area (Å²) in [5, 5.41) is 1.95. The first kappa shape index (κ1) is 19.8. The van der Waals surface area contributed by atoms with Gasteiger partial charge < -0.3 is 13.9 Å². The highest BCUT2D eigenvalue weighted by atomic mass is 32.1. The molecule has 0 aliphatic rings. The van der Waals surface area contributed by atoms with E-state index in [0.717, 1.165) is 10.9 Å². The summed E-state index contributed by atoms with van der Waals surface area (Å²) in [5.74, 6) is 1.00. The van der Waals surface area contributed by atoms with Gasteiger partial charge >= 0.3 is 5.97 Å². The van der Waals surface area contributed by atoms with Gasteiger partial charge in [-0.25, -0.2) is 14.8 Å². The summed E-state index contributed by atoms with van der Waals surface area (Å²) in [7, 11) is 1.61. The van der Waals surface area contributed by atoms with Crippen molar-refractivity contribution in [2.75, 3.05) is 13.7 Å². The number of rotatable bonds is 5. The van der Waals surface area contributed by atoms with Crippen molar-refractivity contribution in [1.29, 1.82) is 0 Å². The molecule has 0 aliphatic carbocycles. The Labute approximate surface area is 177 Å². The molecule has 0 spiro atoms. The summed E-state index contributed by atoms with van der Waals surface area (Å²) >= 11 is 1.21. The molecule has 0 radical (unpaired) electrons. The van der Waals surface area contributed by atoms with Crippen LogP contribution in [-0.2, 0) is 4.74 Å². The van der Waals surface area contributed by atoms with E-state index in [1.807, 2.05) is 54.6 Å². The van der Waals surface area contributed by atoms with Gasteiger partial charge in [-0.15, -0.1) is 0 Å². The Hall–Kier alpha value is -3.45. The standard InChI is InChI=1S/C23H20N2O4S/c1-4-28-22(26)21-14(2)24-23(30-21)25-18-13-20(15-8-6-5-7-9-15)29-19-11-10-16(27-3)12-17(18)19/h5-13H,4H2,1-3H3. The van der Waals surface area contributed by atoms with Crippen LogP contribution in [-0.4, -0.2) is 24.7 Å². The Balaban J connectivity index is 1.92. The van der Waals surface area contributed by atoms with E-state index in [2.05, 4.69) is 4.98 Å². The molecule has 2 aromatic carbocycles. The number of hydrogen-bond donors (Lipinski definition) is 0. The number of nitrogens with zero attached hydrogens (tertiary/aromatic N) is 2. The van der Waals surface area contributed by atoms with Crippen LogP contribution in [0.25, 0.3) is 22.3 Å². The summed E-state index contributed by atoms with van der Waals surface area (Å²) in [6.07, 6.45) is 0. The van der Waals surface area contributed by atoms with E-state index in [9.17, 15) is 4.79 Å². The Bertz CT molecular complexity index is 1280. The number of esters is 1. The van der Waals surface area contributed by atoms with Crippen molar-refractivity contribution >= 4 is 33.4 Å². The fourth-order valence-electron chi connectivity index (χ4n) is 3.03. The van der Waals surface area contributed by atoms with Crippen molar-refractivity contribution in [3.63, 3.8) is 0 Å². The molecule has 6 nitrogen and oxygen atoms in total. The van der Waals surface area contributed by atoms with E-state index in [0.29, 0.717) is 44.8 Å². The number of methoxy groups -OCH3 is 1. The molecule has 0 N–H and O–H groups in total. The smallest absolute Gasteiger partial charge is 0.350 e. The van der Waals surface area contributed by atoms with Gasteiger partial charge in [0.05, 0.1) is 24.8 Å². The predicted octanol–water partition coefficient (Wildman–Crippen LogP) is 5.28. The van der Waals surface area contributed by atoms with Gasteiger partial charge in [-0.2, -0.15) is 0 Å². The fraction of sp³-hybridized carbons (Fsp3) is 0.174. The van der Waals surface area contributed by atoms with E-state index in [4.69, 9.17) is 18.9 Å². The molecule has 0 bridgehead atoms. The number of ether oxygens (including phenoxy) is 2. The van der Waals surface area contributed by atoms with E-state index in [1.165, 1.54) is 11.3 Å². The average molecular weight is 420 g/mol. The van der Waals surface area contributed by atoms with Crippen molar-refractivity contribution in [3.8, 4) is 17.1 Å². The molecule has 0 unspecified atom stereocenters. The van der Waals surface area contributed by atoms with Crippen molar-refractivity contribution in [3.05, 3.63) is 70.5 Å². The second-order valence-electron chi connectivity index (χ2n) is 6.47. The maximum atomic E-state index is 12.1. The maximum absolute atomic E-state index is 12.1. The van der Waals surface area contributed by atoms with Crippen LogP contribution in [0.4, 0.5) is 5.13 Å². The lowest BCUT2D eigenvalue weighted by atomic mass is 10.1. The Morgan fingerprint density at radius 2 is 1.97 bits per heavy atom. The van der Waals surface area contributed by atoms with Gasteiger partial charge in [0, 0.05) is 17.0 Å². The predicted molar refractivity (Wildman–Crippen MR) is 116 cm³/mol. The van der Waals surface area contributed by atoms with Crippen molar-refractivity contribution in [2.45, 2.75) is 13.8 Å². The molecule has 30 heavy (non-hydrogen) atoms. The lowest BCUT2D eigenvalue weighted by molar-refractivity contribution is 0.0531. The van der Waals surface area contributed by atoms with Gasteiger partial charge in [-0.3, -0.25) is 0 Å². The van der Waals surface area contributed by atoms with Crippen molar-refractivity contribution in [1.82, 2.24) is 4.98 Å². The third-order valence-corrected chi connectivity index (χ3v) is 5.50. The number of fused-ring (bicyclic) bond motifs is 1. The number of benzene rings is 2. The second-order valence-corrected chi connectivity index (χ2v) is 7.44. The van der Waals surface area contributed by atoms with E-state index >= 15 is 0 Å². The van der Waals surface area contributed by atoms with Crippen molar-refractivity contribution in [2.24, 2.45) is 4.99 Å². The highest BCUT2D eigenvalue weighted by Gasteiger charge is 2.16. The molecule has 0 atom stereocenters. The minimum absolute atomic E-state index is 0.313. The van der Waals surface area contributed by atoms with Crippen LogP contribution in [0.1, 0.15) is 22.3 Å². The van der Waals surface area contributed by atoms with Crippen LogP contribution in [0.2, 0.25) is 0 Å². The van der Waals surface area contributed by atoms with E-state index in [-0.39, 0.29) is 5.97 Å². The summed E-state index contributed by atoms with van der Waals surface area (Å²) in [6, 6.07) is 17.3. The maximum Gasteiger partial charge on any atom is 0.350 e. The number of aryl methyl sites for hydroxylation is 1. The van der Waals surface area contributed by atoms with Gasteiger partial charge in [-0.1, -0.05) is 41.7 Å². The monoisotopic (exact) mass is 420 g/mol. The molecule has 0 amide bonds. The largest absolute Gasteiger partial charge is 0.497 e. The topological polar surface area (TPSA) is 73.9 Å². The summed E-state index contributed by atoms with van der Waals surface area (Å²) in [6.45, 7) is 3.87. The average Bonchev–Trinajstić information content (AvgIpc) is 3.14. The highest BCUT2D eigenvalue weighted by Crippen LogP contribution is 2.28. The zero-order valence-electron chi connectivity index (χ0n) is 16.8. The van der Waals surface area contributed by atoms with E-state index in [1.54, 1.807) is 21.0 Å². The first-order valence-electron chi connectivity index (χ1n) is 9.45. The normalized spacial score (nSPS) is 11.6. The first-order chi connectivity index (χ1) is 14.6. The molecule has 2 heterocycles. The van der Waals surface area contributed by atoms with Crippen molar-refractivity contribution < 1.29 is 18.7 Å². The summed E-state index contributed by atoms with van der Waals surface area (Å²) in [4.78, 5) is 21.8. The van der Waals surface area contributed by atoms with Gasteiger partial charge in [0.2, 0.25) is 5.13 Å². The quantitative estimate of drug-likeness (QED) is 0.411. The summed E-state index contributed by atoms with van der Waals surface area (Å²) in [5.41, 5.74) is 2.21. The number of aromatic nitrogens is 1. The molecule has 0 fully saturated rings. The Morgan fingerprint density at radius 3 is 2.70 bits per heavy atom. The fourth-order valence-corrected chi connectivity index (χ4v) is 3.88. The molecule has 4 aromatic rings. The third-order valence-electron chi connectivity index (χ3n) is 4.47. The van der Waals surface area contributed by atoms with Gasteiger partial charge in [0.25, 0.3) is 0 Å². The van der Waals surface area contributed by atoms with Gasteiger partial charge in [0.1, 0.15) is 22.0 Å². The van der Waals surface area contributed by atoms with Crippen LogP contribution in [0.15, 0.2) is 64.0 Å². The SMILES string of the molecule is CCOC(=O)c1sc(N=c2cc(-c3ccccc3)oc3ccc(OC)cc23)nc1C. The van der Waals surface area contributed by atoms with Crippen LogP contribution >= 0.6 is 11.3 Å². The minimum Gasteiger partial charge on any atom is -0.497 e. The Morgan fingerprint density at radius 1 is 1.17 bits per heavy atom. The molecule has 7 heteroatoms. The van der Waals surface area contributed by atoms with Crippen LogP contribution in [0.3, 0.4) is 0 Å². The molecule has 4 rings (SSSR count). The Kier molecular flexibility index (Phi) is 5.63. The third kappa shape index (κ3) is 3.97. The van der Waals surface area contributed by atoms with Crippen LogP contribution in [0.5, 0.6) is 5.75 Å². The number of thiazole rings is 1. The lowest BCUT2D eigenvalue weighted by Gasteiger charge is -2.06. The second kappa shape index (κ2) is 8.51. The first-order valence-corrected chi connectivity index (χ1v) is 10.3. The zero-order valence-corrected chi connectivity index (χ0v) is 17.7. The molecular weight excluding hydrogens is 400 g/mol. The van der Waals surface area contributed by atoms with Crippen LogP contribution in [0, 0.1) is 6.92 Å². The van der Waals surface area contributed by atoms with E-state index < -0.39 is 0 Å². The van der Waals surface area contributed by atoms with Gasteiger partial charge in [-0.05, 0) is 32.0 Å².